The summed E-state index contributed by atoms with van der Waals surface area (Å²) >= 11 is 7.21. The van der Waals surface area contributed by atoms with E-state index >= 15 is 0 Å². The molecule has 0 bridgehead atoms. The van der Waals surface area contributed by atoms with Gasteiger partial charge in [0.25, 0.3) is 15.9 Å². The van der Waals surface area contributed by atoms with Gasteiger partial charge < -0.3 is 0 Å². The third-order valence-corrected chi connectivity index (χ3v) is 4.66. The molecule has 0 saturated carbocycles. The number of sulfonamides is 1. The van der Waals surface area contributed by atoms with Crippen LogP contribution in [0.1, 0.15) is 20.8 Å². The summed E-state index contributed by atoms with van der Waals surface area (Å²) in [4.78, 5) is 12.8. The fourth-order valence-corrected chi connectivity index (χ4v) is 3.34. The van der Waals surface area contributed by atoms with Crippen LogP contribution in [0.3, 0.4) is 0 Å². The quantitative estimate of drug-likeness (QED) is 0.926. The highest BCUT2D eigenvalue weighted by Gasteiger charge is 2.15. The summed E-state index contributed by atoms with van der Waals surface area (Å²) in [5, 5.41) is 3.30. The highest BCUT2D eigenvalue weighted by molar-refractivity contribution is 7.93. The Bertz CT molecular complexity index is 781. The number of hydrogen-bond donors (Lipinski definition) is 1. The predicted molar refractivity (Wildman–Crippen MR) is 85.9 cm³/mol. The van der Waals surface area contributed by atoms with Gasteiger partial charge in [0, 0.05) is 15.5 Å². The van der Waals surface area contributed by atoms with E-state index in [2.05, 4.69) is 0 Å². The van der Waals surface area contributed by atoms with Crippen LogP contribution in [0, 0.1) is 6.92 Å². The zero-order valence-corrected chi connectivity index (χ0v) is 13.4. The Morgan fingerprint density at radius 1 is 1.33 bits per heavy atom. The van der Waals surface area contributed by atoms with Crippen LogP contribution >= 0.6 is 22.9 Å². The summed E-state index contributed by atoms with van der Waals surface area (Å²) in [6, 6.07) is 8.22. The van der Waals surface area contributed by atoms with Crippen molar-refractivity contribution in [1.82, 2.24) is 4.72 Å². The molecule has 110 valence electrons. The van der Waals surface area contributed by atoms with Gasteiger partial charge in [-0.1, -0.05) is 17.7 Å². The summed E-state index contributed by atoms with van der Waals surface area (Å²) in [6.07, 6.45) is 1.44. The van der Waals surface area contributed by atoms with Crippen molar-refractivity contribution in [2.45, 2.75) is 6.92 Å². The van der Waals surface area contributed by atoms with E-state index in [-0.39, 0.29) is 5.56 Å². The molecule has 0 aliphatic rings. The number of benzene rings is 1. The van der Waals surface area contributed by atoms with Crippen LogP contribution in [0.2, 0.25) is 5.02 Å². The number of aryl methyl sites for hydroxylation is 1. The number of carbonyl (C=O) groups excluding carboxylic acids is 1. The third-order valence-electron chi connectivity index (χ3n) is 2.62. The molecule has 1 N–H and O–H groups in total. The molecule has 0 aliphatic carbocycles. The lowest BCUT2D eigenvalue weighted by molar-refractivity contribution is 0.0981. The fraction of sp³-hybridized carbons (Fsp3) is 0.0714. The number of carbonyl (C=O) groups is 1. The van der Waals surface area contributed by atoms with Crippen molar-refractivity contribution in [2.24, 2.45) is 0 Å². The van der Waals surface area contributed by atoms with Crippen molar-refractivity contribution in [3.63, 3.8) is 0 Å². The number of amides is 1. The molecule has 4 nitrogen and oxygen atoms in total. The van der Waals surface area contributed by atoms with Gasteiger partial charge >= 0.3 is 0 Å². The van der Waals surface area contributed by atoms with E-state index in [0.29, 0.717) is 10.6 Å². The van der Waals surface area contributed by atoms with Crippen LogP contribution in [-0.2, 0) is 10.0 Å². The zero-order valence-electron chi connectivity index (χ0n) is 11.0. The minimum Gasteiger partial charge on any atom is -0.268 e. The van der Waals surface area contributed by atoms with E-state index < -0.39 is 15.9 Å². The number of nitrogens with one attached hydrogen (secondary N) is 1. The van der Waals surface area contributed by atoms with Gasteiger partial charge in [0.1, 0.15) is 0 Å². The minimum absolute atomic E-state index is 0.271. The zero-order chi connectivity index (χ0) is 15.5. The lowest BCUT2D eigenvalue weighted by Gasteiger charge is -2.06. The molecule has 0 aliphatic heterocycles. The van der Waals surface area contributed by atoms with Crippen LogP contribution < -0.4 is 4.72 Å². The molecule has 0 radical (unpaired) electrons. The van der Waals surface area contributed by atoms with E-state index in [4.69, 9.17) is 11.6 Å². The van der Waals surface area contributed by atoms with Crippen molar-refractivity contribution < 1.29 is 13.2 Å². The van der Waals surface area contributed by atoms with Gasteiger partial charge in [-0.3, -0.25) is 4.79 Å². The molecule has 0 fully saturated rings. The molecule has 0 saturated heterocycles. The van der Waals surface area contributed by atoms with E-state index in [1.54, 1.807) is 19.1 Å². The number of hydrogen-bond acceptors (Lipinski definition) is 4. The first-order valence-electron chi connectivity index (χ1n) is 5.92. The van der Waals surface area contributed by atoms with E-state index in [0.717, 1.165) is 10.3 Å². The van der Waals surface area contributed by atoms with Crippen molar-refractivity contribution in [3.05, 3.63) is 62.1 Å². The number of halogens is 1. The first-order chi connectivity index (χ1) is 9.87. The standard InChI is InChI=1S/C14H12ClNO3S2/c1-10-9-11(15)4-5-13(10)14(17)16-21(18,19)8-6-12-3-2-7-20-12/h2-9H,1H3,(H,16,17)/b8-6+. The SMILES string of the molecule is Cc1cc(Cl)ccc1C(=O)NS(=O)(=O)/C=C/c1cccs1. The molecule has 21 heavy (non-hydrogen) atoms. The Kier molecular flexibility index (Phi) is 4.82. The average Bonchev–Trinajstić information content (AvgIpc) is 2.88. The molecule has 1 heterocycles. The second kappa shape index (κ2) is 6.43. The number of rotatable bonds is 4. The first kappa shape index (κ1) is 15.8. The van der Waals surface area contributed by atoms with Crippen LogP contribution in [0.4, 0.5) is 0 Å². The molecule has 1 aromatic carbocycles. The highest BCUT2D eigenvalue weighted by Crippen LogP contribution is 2.16. The van der Waals surface area contributed by atoms with Gasteiger partial charge in [-0.05, 0) is 48.2 Å². The maximum absolute atomic E-state index is 12.0. The Morgan fingerprint density at radius 2 is 2.10 bits per heavy atom. The molecule has 2 aromatic rings. The van der Waals surface area contributed by atoms with Crippen LogP contribution in [0.5, 0.6) is 0 Å². The number of thiophene rings is 1. The molecule has 1 amide bonds. The summed E-state index contributed by atoms with van der Waals surface area (Å²) in [6.45, 7) is 1.69. The average molecular weight is 342 g/mol. The van der Waals surface area contributed by atoms with Crippen molar-refractivity contribution >= 4 is 44.9 Å². The monoisotopic (exact) mass is 341 g/mol. The molecular formula is C14H12ClNO3S2. The summed E-state index contributed by atoms with van der Waals surface area (Å²) in [5.41, 5.74) is 0.880. The first-order valence-corrected chi connectivity index (χ1v) is 8.73. The van der Waals surface area contributed by atoms with Crippen molar-refractivity contribution in [2.75, 3.05) is 0 Å². The van der Waals surface area contributed by atoms with Crippen LogP contribution in [-0.4, -0.2) is 14.3 Å². The smallest absolute Gasteiger partial charge is 0.265 e. The summed E-state index contributed by atoms with van der Waals surface area (Å²) in [5.74, 6) is -0.681. The van der Waals surface area contributed by atoms with Gasteiger partial charge in [0.2, 0.25) is 0 Å². The summed E-state index contributed by atoms with van der Waals surface area (Å²) < 4.78 is 25.7. The fourth-order valence-electron chi connectivity index (χ4n) is 1.64. The molecule has 1 aromatic heterocycles. The van der Waals surface area contributed by atoms with Gasteiger partial charge in [-0.15, -0.1) is 11.3 Å². The second-order valence-electron chi connectivity index (χ2n) is 4.25. The maximum Gasteiger partial charge on any atom is 0.265 e. The van der Waals surface area contributed by atoms with Crippen molar-refractivity contribution in [3.8, 4) is 0 Å². The molecule has 0 spiro atoms. The van der Waals surface area contributed by atoms with Gasteiger partial charge in [0.15, 0.2) is 0 Å². The Morgan fingerprint density at radius 3 is 2.71 bits per heavy atom. The largest absolute Gasteiger partial charge is 0.268 e. The highest BCUT2D eigenvalue weighted by atomic mass is 35.5. The van der Waals surface area contributed by atoms with E-state index in [1.807, 2.05) is 16.2 Å². The molecule has 7 heteroatoms. The minimum atomic E-state index is -3.84. The molecule has 2 rings (SSSR count). The van der Waals surface area contributed by atoms with Gasteiger partial charge in [-0.2, -0.15) is 0 Å². The second-order valence-corrected chi connectivity index (χ2v) is 7.24. The van der Waals surface area contributed by atoms with E-state index in [1.165, 1.54) is 29.5 Å². The van der Waals surface area contributed by atoms with E-state index in [9.17, 15) is 13.2 Å². The molecule has 0 unspecified atom stereocenters. The van der Waals surface area contributed by atoms with Crippen molar-refractivity contribution in [1.29, 1.82) is 0 Å². The Labute approximate surface area is 132 Å². The summed E-state index contributed by atoms with van der Waals surface area (Å²) in [7, 11) is -3.84. The van der Waals surface area contributed by atoms with Gasteiger partial charge in [0.05, 0.1) is 5.41 Å². The van der Waals surface area contributed by atoms with Crippen LogP contribution in [0.15, 0.2) is 41.1 Å². The lowest BCUT2D eigenvalue weighted by atomic mass is 10.1. The molecular weight excluding hydrogens is 330 g/mol. The molecule has 0 atom stereocenters. The Hall–Kier alpha value is -1.63. The normalized spacial score (nSPS) is 11.7. The maximum atomic E-state index is 12.0. The Balaban J connectivity index is 2.14. The topological polar surface area (TPSA) is 63.2 Å². The van der Waals surface area contributed by atoms with Crippen LogP contribution in [0.25, 0.3) is 6.08 Å². The predicted octanol–water partition coefficient (Wildman–Crippen LogP) is 3.44. The van der Waals surface area contributed by atoms with Gasteiger partial charge in [-0.25, -0.2) is 13.1 Å². The lowest BCUT2D eigenvalue weighted by Crippen LogP contribution is -2.29. The third kappa shape index (κ3) is 4.42.